The summed E-state index contributed by atoms with van der Waals surface area (Å²) in [5.74, 6) is 0. The van der Waals surface area contributed by atoms with Gasteiger partial charge in [-0.2, -0.15) is 13.2 Å². The Balaban J connectivity index is 2.82. The molecule has 0 saturated heterocycles. The average Bonchev–Trinajstić information content (AvgIpc) is 2.57. The lowest BCUT2D eigenvalue weighted by atomic mass is 9.93. The second-order valence-corrected chi connectivity index (χ2v) is 4.55. The van der Waals surface area contributed by atoms with Crippen molar-refractivity contribution >= 4 is 11.0 Å². The van der Waals surface area contributed by atoms with Gasteiger partial charge in [-0.1, -0.05) is 6.07 Å². The molecule has 1 aromatic carbocycles. The van der Waals surface area contributed by atoms with Gasteiger partial charge >= 0.3 is 6.18 Å². The number of alkyl halides is 3. The van der Waals surface area contributed by atoms with Crippen molar-refractivity contribution in [1.29, 1.82) is 0 Å². The molecule has 1 aromatic heterocycles. The van der Waals surface area contributed by atoms with Crippen molar-refractivity contribution in [2.75, 3.05) is 0 Å². The van der Waals surface area contributed by atoms with Gasteiger partial charge in [0, 0.05) is 16.5 Å². The molecule has 0 amide bonds. The number of hydrogen-bond acceptors (Lipinski definition) is 2. The van der Waals surface area contributed by atoms with E-state index in [0.717, 1.165) is 6.07 Å². The van der Waals surface area contributed by atoms with Crippen molar-refractivity contribution in [2.24, 2.45) is 5.73 Å². The summed E-state index contributed by atoms with van der Waals surface area (Å²) in [6.07, 6.45) is -3.12. The highest BCUT2D eigenvalue weighted by Gasteiger charge is 2.35. The van der Waals surface area contributed by atoms with E-state index < -0.39 is 17.3 Å². The lowest BCUT2D eigenvalue weighted by Gasteiger charge is -2.18. The van der Waals surface area contributed by atoms with Crippen molar-refractivity contribution in [1.82, 2.24) is 0 Å². The standard InChI is InChI=1S/C12H12F3NO/c1-11(2,16)8-6-17-9-5-3-4-7(10(8)9)12(13,14)15/h3-6H,16H2,1-2H3. The van der Waals surface area contributed by atoms with Crippen LogP contribution in [0.4, 0.5) is 13.2 Å². The van der Waals surface area contributed by atoms with E-state index in [1.54, 1.807) is 13.8 Å². The predicted octanol–water partition coefficient (Wildman–Crippen LogP) is 3.65. The first-order chi connectivity index (χ1) is 7.71. The van der Waals surface area contributed by atoms with Gasteiger partial charge in [-0.15, -0.1) is 0 Å². The van der Waals surface area contributed by atoms with Crippen LogP contribution in [-0.4, -0.2) is 0 Å². The molecule has 0 aliphatic heterocycles. The highest BCUT2D eigenvalue weighted by molar-refractivity contribution is 5.86. The fourth-order valence-electron chi connectivity index (χ4n) is 1.80. The van der Waals surface area contributed by atoms with E-state index in [9.17, 15) is 13.2 Å². The Morgan fingerprint density at radius 3 is 2.29 bits per heavy atom. The molecule has 2 N–H and O–H groups in total. The number of halogens is 3. The summed E-state index contributed by atoms with van der Waals surface area (Å²) >= 11 is 0. The van der Waals surface area contributed by atoms with E-state index in [2.05, 4.69) is 0 Å². The number of fused-ring (bicyclic) bond motifs is 1. The van der Waals surface area contributed by atoms with Gasteiger partial charge in [0.1, 0.15) is 5.58 Å². The molecule has 0 saturated carbocycles. The van der Waals surface area contributed by atoms with E-state index in [4.69, 9.17) is 10.2 Å². The third-order valence-electron chi connectivity index (χ3n) is 2.60. The van der Waals surface area contributed by atoms with Gasteiger partial charge in [-0.05, 0) is 26.0 Å². The quantitative estimate of drug-likeness (QED) is 0.830. The zero-order valence-corrected chi connectivity index (χ0v) is 9.43. The third kappa shape index (κ3) is 2.02. The molecule has 92 valence electrons. The normalized spacial score (nSPS) is 13.3. The van der Waals surface area contributed by atoms with E-state index in [0.29, 0.717) is 5.56 Å². The zero-order valence-electron chi connectivity index (χ0n) is 9.43. The van der Waals surface area contributed by atoms with Crippen molar-refractivity contribution in [2.45, 2.75) is 25.6 Å². The minimum absolute atomic E-state index is 0.0486. The van der Waals surface area contributed by atoms with E-state index in [1.807, 2.05) is 0 Å². The molecule has 0 aliphatic carbocycles. The average molecular weight is 243 g/mol. The maximum atomic E-state index is 12.9. The van der Waals surface area contributed by atoms with Crippen LogP contribution in [0.2, 0.25) is 0 Å². The summed E-state index contributed by atoms with van der Waals surface area (Å²) in [5, 5.41) is 0.0486. The Kier molecular flexibility index (Phi) is 2.47. The van der Waals surface area contributed by atoms with Crippen LogP contribution in [0.1, 0.15) is 25.0 Å². The molecule has 0 fully saturated rings. The highest BCUT2D eigenvalue weighted by atomic mass is 19.4. The first kappa shape index (κ1) is 12.0. The smallest absolute Gasteiger partial charge is 0.417 e. The lowest BCUT2D eigenvalue weighted by molar-refractivity contribution is -0.136. The first-order valence-corrected chi connectivity index (χ1v) is 5.08. The summed E-state index contributed by atoms with van der Waals surface area (Å²) in [6, 6.07) is 3.86. The Labute approximate surface area is 96.2 Å². The maximum Gasteiger partial charge on any atom is 0.417 e. The van der Waals surface area contributed by atoms with Crippen molar-refractivity contribution < 1.29 is 17.6 Å². The van der Waals surface area contributed by atoms with Crippen LogP contribution in [0.15, 0.2) is 28.9 Å². The van der Waals surface area contributed by atoms with E-state index in [1.165, 1.54) is 18.4 Å². The predicted molar refractivity (Wildman–Crippen MR) is 58.4 cm³/mol. The van der Waals surface area contributed by atoms with Gasteiger partial charge in [0.25, 0.3) is 0 Å². The van der Waals surface area contributed by atoms with Gasteiger partial charge in [-0.3, -0.25) is 0 Å². The van der Waals surface area contributed by atoms with Gasteiger partial charge in [0.05, 0.1) is 11.8 Å². The molecule has 0 spiro atoms. The molecule has 2 nitrogen and oxygen atoms in total. The molecule has 0 unspecified atom stereocenters. The summed E-state index contributed by atoms with van der Waals surface area (Å²) in [4.78, 5) is 0. The fourth-order valence-corrected chi connectivity index (χ4v) is 1.80. The molecule has 2 rings (SSSR count). The second-order valence-electron chi connectivity index (χ2n) is 4.55. The number of rotatable bonds is 1. The van der Waals surface area contributed by atoms with Crippen LogP contribution < -0.4 is 5.73 Å². The van der Waals surface area contributed by atoms with Crippen molar-refractivity contribution in [3.63, 3.8) is 0 Å². The first-order valence-electron chi connectivity index (χ1n) is 5.08. The zero-order chi connectivity index (χ0) is 12.8. The van der Waals surface area contributed by atoms with Gasteiger partial charge in [0.15, 0.2) is 0 Å². The van der Waals surface area contributed by atoms with Crippen LogP contribution in [0, 0.1) is 0 Å². The molecule has 0 radical (unpaired) electrons. The minimum Gasteiger partial charge on any atom is -0.464 e. The van der Waals surface area contributed by atoms with E-state index >= 15 is 0 Å². The molecular weight excluding hydrogens is 231 g/mol. The SMILES string of the molecule is CC(C)(N)c1coc2cccc(C(F)(F)F)c12. The molecular formula is C12H12F3NO. The van der Waals surface area contributed by atoms with Crippen molar-refractivity contribution in [3.8, 4) is 0 Å². The third-order valence-corrected chi connectivity index (χ3v) is 2.60. The number of furan rings is 1. The summed E-state index contributed by atoms with van der Waals surface area (Å²) in [7, 11) is 0. The molecule has 1 heterocycles. The Morgan fingerprint density at radius 1 is 1.12 bits per heavy atom. The molecule has 0 bridgehead atoms. The monoisotopic (exact) mass is 243 g/mol. The summed E-state index contributed by atoms with van der Waals surface area (Å²) in [6.45, 7) is 3.29. The highest BCUT2D eigenvalue weighted by Crippen LogP contribution is 2.39. The molecule has 17 heavy (non-hydrogen) atoms. The Morgan fingerprint density at radius 2 is 1.76 bits per heavy atom. The Hall–Kier alpha value is -1.49. The lowest BCUT2D eigenvalue weighted by Crippen LogP contribution is -2.28. The largest absolute Gasteiger partial charge is 0.464 e. The summed E-state index contributed by atoms with van der Waals surface area (Å²) < 4.78 is 43.8. The number of nitrogens with two attached hydrogens (primary N) is 1. The molecule has 5 heteroatoms. The minimum atomic E-state index is -4.41. The number of benzene rings is 1. The maximum absolute atomic E-state index is 12.9. The second kappa shape index (κ2) is 3.50. The van der Waals surface area contributed by atoms with Crippen LogP contribution >= 0.6 is 0 Å². The molecule has 2 aromatic rings. The fraction of sp³-hybridized carbons (Fsp3) is 0.333. The van der Waals surface area contributed by atoms with E-state index in [-0.39, 0.29) is 11.0 Å². The Bertz CT molecular complexity index is 549. The van der Waals surface area contributed by atoms with Gasteiger partial charge < -0.3 is 10.2 Å². The van der Waals surface area contributed by atoms with Crippen molar-refractivity contribution in [3.05, 3.63) is 35.6 Å². The number of hydrogen-bond donors (Lipinski definition) is 1. The molecule has 0 aliphatic rings. The van der Waals surface area contributed by atoms with Gasteiger partial charge in [-0.25, -0.2) is 0 Å². The van der Waals surface area contributed by atoms with Crippen LogP contribution in [0.5, 0.6) is 0 Å². The van der Waals surface area contributed by atoms with Crippen LogP contribution in [0.3, 0.4) is 0 Å². The van der Waals surface area contributed by atoms with Gasteiger partial charge in [0.2, 0.25) is 0 Å². The van der Waals surface area contributed by atoms with Crippen LogP contribution in [-0.2, 0) is 11.7 Å². The van der Waals surface area contributed by atoms with Crippen LogP contribution in [0.25, 0.3) is 11.0 Å². The summed E-state index contributed by atoms with van der Waals surface area (Å²) in [5.41, 5.74) is 4.82. The molecule has 0 atom stereocenters. The topological polar surface area (TPSA) is 39.2 Å².